The van der Waals surface area contributed by atoms with Gasteiger partial charge < -0.3 is 10.6 Å². The summed E-state index contributed by atoms with van der Waals surface area (Å²) in [7, 11) is 0. The molecule has 2 atom stereocenters. The molecule has 1 heterocycles. The Morgan fingerprint density at radius 2 is 2.00 bits per heavy atom. The summed E-state index contributed by atoms with van der Waals surface area (Å²) in [6.07, 6.45) is 5.39. The molecule has 2 unspecified atom stereocenters. The lowest BCUT2D eigenvalue weighted by Crippen LogP contribution is -2.49. The fraction of sp³-hybridized carbons (Fsp3) is 0.933. The number of nitrogens with two attached hydrogens (primary N) is 1. The third kappa shape index (κ3) is 4.77. The Morgan fingerprint density at radius 1 is 1.32 bits per heavy atom. The zero-order chi connectivity index (χ0) is 14.3. The first-order valence-corrected chi connectivity index (χ1v) is 7.87. The summed E-state index contributed by atoms with van der Waals surface area (Å²) in [5.74, 6) is 0.291. The normalized spacial score (nSPS) is 24.4. The van der Waals surface area contributed by atoms with Gasteiger partial charge in [0.05, 0.1) is 0 Å². The summed E-state index contributed by atoms with van der Waals surface area (Å²) >= 11 is 0. The number of rotatable bonds is 7. The van der Waals surface area contributed by atoms with Crippen molar-refractivity contribution in [1.82, 2.24) is 9.80 Å². The molecule has 19 heavy (non-hydrogen) atoms. The Kier molecular flexibility index (Phi) is 7.39. The third-order valence-corrected chi connectivity index (χ3v) is 4.39. The summed E-state index contributed by atoms with van der Waals surface area (Å²) in [6, 6.07) is 1.14. The van der Waals surface area contributed by atoms with Crippen LogP contribution in [0.4, 0.5) is 0 Å². The van der Waals surface area contributed by atoms with E-state index >= 15 is 0 Å². The average molecular weight is 269 g/mol. The topological polar surface area (TPSA) is 49.6 Å². The number of nitrogens with zero attached hydrogens (tertiary/aromatic N) is 2. The first-order valence-electron chi connectivity index (χ1n) is 7.87. The molecule has 0 radical (unpaired) electrons. The lowest BCUT2D eigenvalue weighted by atomic mass is 9.96. The summed E-state index contributed by atoms with van der Waals surface area (Å²) in [4.78, 5) is 16.4. The lowest BCUT2D eigenvalue weighted by Gasteiger charge is -2.40. The van der Waals surface area contributed by atoms with Crippen molar-refractivity contribution in [3.63, 3.8) is 0 Å². The second-order valence-corrected chi connectivity index (χ2v) is 5.58. The van der Waals surface area contributed by atoms with Gasteiger partial charge in [-0.25, -0.2) is 0 Å². The molecule has 1 aliphatic rings. The molecule has 0 aromatic carbocycles. The smallest absolute Gasteiger partial charge is 0.222 e. The van der Waals surface area contributed by atoms with Crippen LogP contribution in [0, 0.1) is 0 Å². The van der Waals surface area contributed by atoms with Gasteiger partial charge in [0.1, 0.15) is 0 Å². The Labute approximate surface area is 118 Å². The summed E-state index contributed by atoms with van der Waals surface area (Å²) in [5, 5.41) is 0. The van der Waals surface area contributed by atoms with E-state index in [4.69, 9.17) is 5.73 Å². The number of likely N-dealkylation sites (tertiary alicyclic amines) is 1. The van der Waals surface area contributed by atoms with E-state index in [9.17, 15) is 4.79 Å². The molecular weight excluding hydrogens is 238 g/mol. The number of carbonyl (C=O) groups is 1. The number of piperidine rings is 1. The fourth-order valence-corrected chi connectivity index (χ4v) is 3.14. The van der Waals surface area contributed by atoms with E-state index in [2.05, 4.69) is 11.8 Å². The SMILES string of the molecule is CCN(CC)C(=O)CCCN1C(C)CCCC1CN. The maximum atomic E-state index is 12.0. The highest BCUT2D eigenvalue weighted by atomic mass is 16.2. The molecule has 4 nitrogen and oxygen atoms in total. The van der Waals surface area contributed by atoms with Crippen LogP contribution in [0.25, 0.3) is 0 Å². The predicted molar refractivity (Wildman–Crippen MR) is 80.0 cm³/mol. The molecule has 1 saturated heterocycles. The van der Waals surface area contributed by atoms with E-state index in [1.807, 2.05) is 18.7 Å². The Balaban J connectivity index is 2.36. The van der Waals surface area contributed by atoms with Crippen molar-refractivity contribution in [1.29, 1.82) is 0 Å². The molecule has 1 fully saturated rings. The van der Waals surface area contributed by atoms with Gasteiger partial charge in [-0.2, -0.15) is 0 Å². The Morgan fingerprint density at radius 3 is 2.58 bits per heavy atom. The lowest BCUT2D eigenvalue weighted by molar-refractivity contribution is -0.131. The average Bonchev–Trinajstić information content (AvgIpc) is 2.41. The van der Waals surface area contributed by atoms with Crippen LogP contribution in [0.5, 0.6) is 0 Å². The van der Waals surface area contributed by atoms with Crippen LogP contribution < -0.4 is 5.73 Å². The highest BCUT2D eigenvalue weighted by Gasteiger charge is 2.26. The van der Waals surface area contributed by atoms with E-state index in [1.54, 1.807) is 0 Å². The minimum Gasteiger partial charge on any atom is -0.343 e. The standard InChI is InChI=1S/C15H31N3O/c1-4-17(5-2)15(19)10-7-11-18-13(3)8-6-9-14(18)12-16/h13-14H,4-12,16H2,1-3H3. The molecule has 0 aromatic heterocycles. The highest BCUT2D eigenvalue weighted by molar-refractivity contribution is 5.76. The molecular formula is C15H31N3O. The maximum absolute atomic E-state index is 12.0. The largest absolute Gasteiger partial charge is 0.343 e. The second-order valence-electron chi connectivity index (χ2n) is 5.58. The van der Waals surface area contributed by atoms with E-state index in [-0.39, 0.29) is 0 Å². The molecule has 112 valence electrons. The molecule has 2 N–H and O–H groups in total. The predicted octanol–water partition coefficient (Wildman–Crippen LogP) is 1.84. The van der Waals surface area contributed by atoms with Crippen LogP contribution in [0.2, 0.25) is 0 Å². The van der Waals surface area contributed by atoms with Crippen LogP contribution >= 0.6 is 0 Å². The third-order valence-electron chi connectivity index (χ3n) is 4.39. The van der Waals surface area contributed by atoms with Crippen LogP contribution in [-0.2, 0) is 4.79 Å². The van der Waals surface area contributed by atoms with Gasteiger partial charge in [-0.3, -0.25) is 9.69 Å². The number of hydrogen-bond acceptors (Lipinski definition) is 3. The van der Waals surface area contributed by atoms with E-state index in [0.717, 1.165) is 32.6 Å². The zero-order valence-corrected chi connectivity index (χ0v) is 12.9. The van der Waals surface area contributed by atoms with Crippen molar-refractivity contribution < 1.29 is 4.79 Å². The van der Waals surface area contributed by atoms with E-state index in [1.165, 1.54) is 19.3 Å². The van der Waals surface area contributed by atoms with Gasteiger partial charge in [0.15, 0.2) is 0 Å². The second kappa shape index (κ2) is 8.54. The zero-order valence-electron chi connectivity index (χ0n) is 12.9. The van der Waals surface area contributed by atoms with Gasteiger partial charge >= 0.3 is 0 Å². The van der Waals surface area contributed by atoms with Crippen LogP contribution in [0.1, 0.15) is 52.9 Å². The Bertz CT molecular complexity index is 266. The van der Waals surface area contributed by atoms with Crippen molar-refractivity contribution in [3.8, 4) is 0 Å². The fourth-order valence-electron chi connectivity index (χ4n) is 3.14. The molecule has 1 rings (SSSR count). The van der Waals surface area contributed by atoms with Gasteiger partial charge in [0.2, 0.25) is 5.91 Å². The summed E-state index contributed by atoms with van der Waals surface area (Å²) in [5.41, 5.74) is 5.86. The van der Waals surface area contributed by atoms with Gasteiger partial charge in [-0.05, 0) is 46.6 Å². The molecule has 0 bridgehead atoms. The first-order chi connectivity index (χ1) is 9.13. The number of carbonyl (C=O) groups excluding carboxylic acids is 1. The monoisotopic (exact) mass is 269 g/mol. The van der Waals surface area contributed by atoms with Crippen LogP contribution in [0.15, 0.2) is 0 Å². The van der Waals surface area contributed by atoms with Crippen molar-refractivity contribution in [2.75, 3.05) is 26.2 Å². The molecule has 4 heteroatoms. The molecule has 0 aromatic rings. The van der Waals surface area contributed by atoms with Crippen LogP contribution in [0.3, 0.4) is 0 Å². The number of hydrogen-bond donors (Lipinski definition) is 1. The van der Waals surface area contributed by atoms with Gasteiger partial charge in [0, 0.05) is 38.1 Å². The maximum Gasteiger partial charge on any atom is 0.222 e. The van der Waals surface area contributed by atoms with Crippen molar-refractivity contribution in [2.45, 2.75) is 65.0 Å². The van der Waals surface area contributed by atoms with Crippen molar-refractivity contribution in [3.05, 3.63) is 0 Å². The van der Waals surface area contributed by atoms with Crippen LogP contribution in [-0.4, -0.2) is 54.0 Å². The van der Waals surface area contributed by atoms with Gasteiger partial charge in [-0.15, -0.1) is 0 Å². The van der Waals surface area contributed by atoms with Crippen molar-refractivity contribution >= 4 is 5.91 Å². The molecule has 0 aliphatic carbocycles. The first kappa shape index (κ1) is 16.4. The summed E-state index contributed by atoms with van der Waals surface area (Å²) in [6.45, 7) is 9.76. The van der Waals surface area contributed by atoms with Crippen molar-refractivity contribution in [2.24, 2.45) is 5.73 Å². The van der Waals surface area contributed by atoms with E-state index < -0.39 is 0 Å². The minimum absolute atomic E-state index is 0.291. The van der Waals surface area contributed by atoms with Gasteiger partial charge in [0.25, 0.3) is 0 Å². The minimum atomic E-state index is 0.291. The summed E-state index contributed by atoms with van der Waals surface area (Å²) < 4.78 is 0. The molecule has 0 spiro atoms. The molecule has 1 amide bonds. The van der Waals surface area contributed by atoms with Gasteiger partial charge in [-0.1, -0.05) is 6.42 Å². The quantitative estimate of drug-likeness (QED) is 0.767. The molecule has 0 saturated carbocycles. The van der Waals surface area contributed by atoms with E-state index in [0.29, 0.717) is 24.4 Å². The number of amides is 1. The Hall–Kier alpha value is -0.610. The molecule has 1 aliphatic heterocycles. The highest BCUT2D eigenvalue weighted by Crippen LogP contribution is 2.22.